The maximum Gasteiger partial charge on any atom is 0.320 e. The van der Waals surface area contributed by atoms with Crippen molar-refractivity contribution in [2.45, 2.75) is 26.4 Å². The SMILES string of the molecule is CC(C)C(NCc1cc(Cl)ccc1Br)C(=O)O. The van der Waals surface area contributed by atoms with Crippen LogP contribution in [0, 0.1) is 5.92 Å². The summed E-state index contributed by atoms with van der Waals surface area (Å²) >= 11 is 9.30. The van der Waals surface area contributed by atoms with Gasteiger partial charge in [0.2, 0.25) is 0 Å². The van der Waals surface area contributed by atoms with Crippen LogP contribution < -0.4 is 5.32 Å². The predicted octanol–water partition coefficient (Wildman–Crippen LogP) is 3.30. The zero-order valence-corrected chi connectivity index (χ0v) is 12.0. The summed E-state index contributed by atoms with van der Waals surface area (Å²) in [7, 11) is 0. The van der Waals surface area contributed by atoms with E-state index in [1.54, 1.807) is 6.07 Å². The molecule has 0 bridgehead atoms. The van der Waals surface area contributed by atoms with Gasteiger partial charge in [-0.2, -0.15) is 0 Å². The highest BCUT2D eigenvalue weighted by atomic mass is 79.9. The number of hydrogen-bond donors (Lipinski definition) is 2. The molecule has 0 radical (unpaired) electrons. The van der Waals surface area contributed by atoms with E-state index in [4.69, 9.17) is 16.7 Å². The lowest BCUT2D eigenvalue weighted by molar-refractivity contribution is -0.140. The standard InChI is InChI=1S/C12H15BrClNO2/c1-7(2)11(12(16)17)15-6-8-5-9(14)3-4-10(8)13/h3-5,7,11,15H,6H2,1-2H3,(H,16,17). The van der Waals surface area contributed by atoms with Gasteiger partial charge in [-0.1, -0.05) is 41.4 Å². The van der Waals surface area contributed by atoms with E-state index in [0.717, 1.165) is 10.0 Å². The molecule has 0 fully saturated rings. The Balaban J connectivity index is 2.72. The molecule has 0 amide bonds. The van der Waals surface area contributed by atoms with Crippen LogP contribution in [0.25, 0.3) is 0 Å². The number of nitrogens with one attached hydrogen (secondary N) is 1. The second kappa shape index (κ2) is 6.38. The van der Waals surface area contributed by atoms with Crippen molar-refractivity contribution < 1.29 is 9.90 Å². The van der Waals surface area contributed by atoms with Gasteiger partial charge < -0.3 is 10.4 Å². The first-order valence-electron chi connectivity index (χ1n) is 5.32. The summed E-state index contributed by atoms with van der Waals surface area (Å²) in [5.41, 5.74) is 0.949. The second-order valence-electron chi connectivity index (χ2n) is 4.18. The lowest BCUT2D eigenvalue weighted by Gasteiger charge is -2.18. The van der Waals surface area contributed by atoms with Gasteiger partial charge in [0.25, 0.3) is 0 Å². The Morgan fingerprint density at radius 3 is 2.71 bits per heavy atom. The molecule has 0 saturated heterocycles. The monoisotopic (exact) mass is 319 g/mol. The molecule has 0 spiro atoms. The fourth-order valence-electron chi connectivity index (χ4n) is 1.51. The average molecular weight is 321 g/mol. The van der Waals surface area contributed by atoms with Gasteiger partial charge in [0.15, 0.2) is 0 Å². The quantitative estimate of drug-likeness (QED) is 0.875. The normalized spacial score (nSPS) is 12.8. The van der Waals surface area contributed by atoms with Crippen LogP contribution in [-0.2, 0) is 11.3 Å². The molecule has 5 heteroatoms. The molecule has 0 aromatic heterocycles. The zero-order valence-electron chi connectivity index (χ0n) is 9.71. The second-order valence-corrected chi connectivity index (χ2v) is 5.47. The van der Waals surface area contributed by atoms with E-state index < -0.39 is 12.0 Å². The van der Waals surface area contributed by atoms with E-state index in [9.17, 15) is 4.79 Å². The van der Waals surface area contributed by atoms with Gasteiger partial charge in [0.1, 0.15) is 6.04 Å². The molecule has 0 heterocycles. The van der Waals surface area contributed by atoms with Crippen LogP contribution in [0.1, 0.15) is 19.4 Å². The zero-order chi connectivity index (χ0) is 13.0. The van der Waals surface area contributed by atoms with Gasteiger partial charge in [0.05, 0.1) is 0 Å². The molecule has 1 rings (SSSR count). The third-order valence-electron chi connectivity index (χ3n) is 2.45. The smallest absolute Gasteiger partial charge is 0.320 e. The van der Waals surface area contributed by atoms with Crippen LogP contribution in [0.4, 0.5) is 0 Å². The maximum atomic E-state index is 11.0. The minimum Gasteiger partial charge on any atom is -0.480 e. The Morgan fingerprint density at radius 1 is 1.53 bits per heavy atom. The third kappa shape index (κ3) is 4.30. The van der Waals surface area contributed by atoms with Crippen molar-refractivity contribution in [3.63, 3.8) is 0 Å². The Morgan fingerprint density at radius 2 is 2.18 bits per heavy atom. The summed E-state index contributed by atoms with van der Waals surface area (Å²) in [4.78, 5) is 11.0. The van der Waals surface area contributed by atoms with Gasteiger partial charge in [-0.25, -0.2) is 0 Å². The lowest BCUT2D eigenvalue weighted by atomic mass is 10.0. The van der Waals surface area contributed by atoms with E-state index in [-0.39, 0.29) is 5.92 Å². The summed E-state index contributed by atoms with van der Waals surface area (Å²) in [6.07, 6.45) is 0. The van der Waals surface area contributed by atoms with Crippen LogP contribution in [0.5, 0.6) is 0 Å². The van der Waals surface area contributed by atoms with E-state index in [1.807, 2.05) is 26.0 Å². The van der Waals surface area contributed by atoms with Gasteiger partial charge in [0, 0.05) is 16.0 Å². The molecule has 3 nitrogen and oxygen atoms in total. The van der Waals surface area contributed by atoms with Crippen molar-refractivity contribution in [3.8, 4) is 0 Å². The minimum atomic E-state index is -0.835. The molecule has 94 valence electrons. The molecule has 1 unspecified atom stereocenters. The Bertz CT molecular complexity index is 409. The van der Waals surface area contributed by atoms with Crippen molar-refractivity contribution in [1.29, 1.82) is 0 Å². The first-order chi connectivity index (χ1) is 7.91. The molecule has 2 N–H and O–H groups in total. The highest BCUT2D eigenvalue weighted by molar-refractivity contribution is 9.10. The fourth-order valence-corrected chi connectivity index (χ4v) is 2.09. The van der Waals surface area contributed by atoms with Crippen molar-refractivity contribution in [2.75, 3.05) is 0 Å². The van der Waals surface area contributed by atoms with E-state index >= 15 is 0 Å². The number of halogens is 2. The number of aliphatic carboxylic acids is 1. The van der Waals surface area contributed by atoms with Crippen LogP contribution in [-0.4, -0.2) is 17.1 Å². The number of benzene rings is 1. The molecule has 0 aliphatic heterocycles. The van der Waals surface area contributed by atoms with Gasteiger partial charge in [-0.3, -0.25) is 4.79 Å². The van der Waals surface area contributed by atoms with E-state index in [0.29, 0.717) is 11.6 Å². The topological polar surface area (TPSA) is 49.3 Å². The molecular formula is C12H15BrClNO2. The van der Waals surface area contributed by atoms with Crippen LogP contribution in [0.3, 0.4) is 0 Å². The van der Waals surface area contributed by atoms with Crippen molar-refractivity contribution >= 4 is 33.5 Å². The maximum absolute atomic E-state index is 11.0. The molecule has 17 heavy (non-hydrogen) atoms. The van der Waals surface area contributed by atoms with Crippen LogP contribution in [0.2, 0.25) is 5.02 Å². The molecular weight excluding hydrogens is 305 g/mol. The summed E-state index contributed by atoms with van der Waals surface area (Å²) in [6.45, 7) is 4.22. The van der Waals surface area contributed by atoms with Gasteiger partial charge in [-0.05, 0) is 29.7 Å². The number of carboxylic acids is 1. The Labute approximate surface area is 114 Å². The molecule has 1 aromatic rings. The summed E-state index contributed by atoms with van der Waals surface area (Å²) < 4.78 is 0.919. The molecule has 0 saturated carbocycles. The van der Waals surface area contributed by atoms with E-state index in [1.165, 1.54) is 0 Å². The van der Waals surface area contributed by atoms with Gasteiger partial charge >= 0.3 is 5.97 Å². The summed E-state index contributed by atoms with van der Waals surface area (Å²) in [5.74, 6) is -0.802. The van der Waals surface area contributed by atoms with Crippen LogP contribution >= 0.6 is 27.5 Å². The van der Waals surface area contributed by atoms with Crippen LogP contribution in [0.15, 0.2) is 22.7 Å². The van der Waals surface area contributed by atoms with Crippen molar-refractivity contribution in [2.24, 2.45) is 5.92 Å². The first-order valence-corrected chi connectivity index (χ1v) is 6.49. The molecule has 0 aliphatic carbocycles. The molecule has 1 atom stereocenters. The van der Waals surface area contributed by atoms with E-state index in [2.05, 4.69) is 21.2 Å². The Hall–Kier alpha value is -0.580. The number of rotatable bonds is 5. The minimum absolute atomic E-state index is 0.0328. The first kappa shape index (κ1) is 14.5. The van der Waals surface area contributed by atoms with Gasteiger partial charge in [-0.15, -0.1) is 0 Å². The van der Waals surface area contributed by atoms with Crippen molar-refractivity contribution in [1.82, 2.24) is 5.32 Å². The highest BCUT2D eigenvalue weighted by Crippen LogP contribution is 2.21. The molecule has 0 aliphatic rings. The third-order valence-corrected chi connectivity index (χ3v) is 3.46. The summed E-state index contributed by atoms with van der Waals surface area (Å²) in [5, 5.41) is 12.7. The fraction of sp³-hybridized carbons (Fsp3) is 0.417. The number of carboxylic acid groups (broad SMARTS) is 1. The number of carbonyl (C=O) groups is 1. The Kier molecular flexibility index (Phi) is 5.43. The molecule has 1 aromatic carbocycles. The highest BCUT2D eigenvalue weighted by Gasteiger charge is 2.20. The largest absolute Gasteiger partial charge is 0.480 e. The number of hydrogen-bond acceptors (Lipinski definition) is 2. The lowest BCUT2D eigenvalue weighted by Crippen LogP contribution is -2.40. The summed E-state index contributed by atoms with van der Waals surface area (Å²) in [6, 6.07) is 4.90. The average Bonchev–Trinajstić information content (AvgIpc) is 2.22. The predicted molar refractivity (Wildman–Crippen MR) is 72.3 cm³/mol. The van der Waals surface area contributed by atoms with Crippen molar-refractivity contribution in [3.05, 3.63) is 33.3 Å².